The first-order valence-corrected chi connectivity index (χ1v) is 6.62. The van der Waals surface area contributed by atoms with Crippen molar-refractivity contribution in [2.24, 2.45) is 0 Å². The van der Waals surface area contributed by atoms with E-state index >= 15 is 0 Å². The van der Waals surface area contributed by atoms with Gasteiger partial charge in [0.15, 0.2) is 0 Å². The fourth-order valence-corrected chi connectivity index (χ4v) is 1.56. The minimum atomic E-state index is -0.968. The lowest BCUT2D eigenvalue weighted by Gasteiger charge is -2.21. The van der Waals surface area contributed by atoms with Crippen LogP contribution in [0, 0.1) is 0 Å². The molecule has 1 aliphatic rings. The van der Waals surface area contributed by atoms with Gasteiger partial charge >= 0.3 is 19.1 Å². The minimum absolute atomic E-state index is 0.0700. The lowest BCUT2D eigenvalue weighted by molar-refractivity contribution is -0.145. The third-order valence-corrected chi connectivity index (χ3v) is 2.55. The standard InChI is InChI=1S/C12H15BBrNO4/c1-10(4-3-7-14)5-6-13-18-11(16)8-15(2)9-12(17)19-13/h3-7H,8-9H2,1-2H3/b6-5+,7-3+,10-4+. The van der Waals surface area contributed by atoms with Crippen molar-refractivity contribution in [2.75, 3.05) is 20.1 Å². The number of carbonyl (C=O) groups is 2. The topological polar surface area (TPSA) is 55.8 Å². The Morgan fingerprint density at radius 1 is 1.32 bits per heavy atom. The molecule has 0 aromatic heterocycles. The van der Waals surface area contributed by atoms with Crippen LogP contribution in [0.5, 0.6) is 0 Å². The van der Waals surface area contributed by atoms with Gasteiger partial charge in [-0.2, -0.15) is 0 Å². The number of halogens is 1. The fraction of sp³-hybridized carbons (Fsp3) is 0.333. The van der Waals surface area contributed by atoms with Crippen molar-refractivity contribution in [1.29, 1.82) is 0 Å². The van der Waals surface area contributed by atoms with E-state index in [0.717, 1.165) is 5.57 Å². The van der Waals surface area contributed by atoms with E-state index in [1.165, 1.54) is 10.9 Å². The van der Waals surface area contributed by atoms with Gasteiger partial charge in [-0.3, -0.25) is 14.5 Å². The largest absolute Gasteiger partial charge is 0.628 e. The molecule has 7 heteroatoms. The first kappa shape index (κ1) is 15.7. The molecule has 1 saturated heterocycles. The molecule has 1 rings (SSSR count). The maximum Gasteiger partial charge on any atom is 0.628 e. The van der Waals surface area contributed by atoms with Gasteiger partial charge < -0.3 is 9.31 Å². The maximum atomic E-state index is 11.5. The van der Waals surface area contributed by atoms with E-state index in [2.05, 4.69) is 15.9 Å². The van der Waals surface area contributed by atoms with Crippen molar-refractivity contribution < 1.29 is 18.9 Å². The maximum absolute atomic E-state index is 11.5. The SMILES string of the molecule is CC(/C=C/B1OC(=O)CN(C)CC(=O)O1)=C\C=C\Br. The molecule has 1 aliphatic heterocycles. The van der Waals surface area contributed by atoms with E-state index < -0.39 is 19.1 Å². The van der Waals surface area contributed by atoms with Crippen molar-refractivity contribution in [2.45, 2.75) is 6.92 Å². The van der Waals surface area contributed by atoms with Crippen LogP contribution in [0.4, 0.5) is 0 Å². The fourth-order valence-electron chi connectivity index (χ4n) is 1.41. The molecule has 19 heavy (non-hydrogen) atoms. The highest BCUT2D eigenvalue weighted by molar-refractivity contribution is 9.11. The number of hydrogen-bond donors (Lipinski definition) is 0. The van der Waals surface area contributed by atoms with Gasteiger partial charge in [0, 0.05) is 0 Å². The summed E-state index contributed by atoms with van der Waals surface area (Å²) in [6.45, 7) is 2.02. The smallest absolute Gasteiger partial charge is 0.495 e. The predicted octanol–water partition coefficient (Wildman–Crippen LogP) is 1.46. The Hall–Kier alpha value is -1.34. The summed E-state index contributed by atoms with van der Waals surface area (Å²) < 4.78 is 10.0. The Balaban J connectivity index is 2.67. The van der Waals surface area contributed by atoms with Crippen LogP contribution in [0.2, 0.25) is 0 Å². The van der Waals surface area contributed by atoms with Crippen molar-refractivity contribution in [3.63, 3.8) is 0 Å². The highest BCUT2D eigenvalue weighted by Crippen LogP contribution is 2.04. The summed E-state index contributed by atoms with van der Waals surface area (Å²) in [6.07, 6.45) is 5.39. The highest BCUT2D eigenvalue weighted by Gasteiger charge is 2.28. The molecule has 0 aromatic rings. The molecule has 1 fully saturated rings. The van der Waals surface area contributed by atoms with Crippen LogP contribution < -0.4 is 0 Å². The second kappa shape index (κ2) is 7.96. The summed E-state index contributed by atoms with van der Waals surface area (Å²) in [5.74, 6) is 0.688. The number of carbonyl (C=O) groups excluding carboxylic acids is 2. The molecule has 0 saturated carbocycles. The van der Waals surface area contributed by atoms with Gasteiger partial charge in [0.1, 0.15) is 0 Å². The first-order valence-electron chi connectivity index (χ1n) is 5.70. The van der Waals surface area contributed by atoms with Crippen molar-refractivity contribution in [3.05, 3.63) is 34.8 Å². The quantitative estimate of drug-likeness (QED) is 0.580. The molecule has 5 nitrogen and oxygen atoms in total. The average molecular weight is 328 g/mol. The van der Waals surface area contributed by atoms with E-state index in [4.69, 9.17) is 9.31 Å². The summed E-state index contributed by atoms with van der Waals surface area (Å²) >= 11 is 3.15. The number of likely N-dealkylation sites (N-methyl/N-ethyl adjacent to an activating group) is 1. The molecule has 0 aliphatic carbocycles. The number of allylic oxidation sites excluding steroid dienone is 4. The van der Waals surface area contributed by atoms with Crippen LogP contribution in [-0.2, 0) is 18.9 Å². The third kappa shape index (κ3) is 6.40. The van der Waals surface area contributed by atoms with Crippen LogP contribution in [0.25, 0.3) is 0 Å². The van der Waals surface area contributed by atoms with Gasteiger partial charge in [-0.25, -0.2) is 0 Å². The highest BCUT2D eigenvalue weighted by atomic mass is 79.9. The molecular formula is C12H15BBrNO4. The van der Waals surface area contributed by atoms with Crippen molar-refractivity contribution >= 4 is 35.0 Å². The minimum Gasteiger partial charge on any atom is -0.495 e. The van der Waals surface area contributed by atoms with Gasteiger partial charge in [0.2, 0.25) is 0 Å². The molecule has 0 bridgehead atoms. The van der Waals surface area contributed by atoms with Gasteiger partial charge in [0.05, 0.1) is 13.1 Å². The van der Waals surface area contributed by atoms with Gasteiger partial charge in [-0.05, 0) is 24.9 Å². The molecule has 0 N–H and O–H groups in total. The second-order valence-corrected chi connectivity index (χ2v) is 4.64. The summed E-state index contributed by atoms with van der Waals surface area (Å²) in [5.41, 5.74) is 0.932. The van der Waals surface area contributed by atoms with Crippen LogP contribution in [0.3, 0.4) is 0 Å². The lowest BCUT2D eigenvalue weighted by atomic mass is 9.88. The average Bonchev–Trinajstić information content (AvgIpc) is 2.31. The molecule has 0 spiro atoms. The van der Waals surface area contributed by atoms with Gasteiger partial charge in [-0.15, -0.1) is 0 Å². The number of rotatable bonds is 3. The van der Waals surface area contributed by atoms with E-state index in [9.17, 15) is 9.59 Å². The molecule has 0 atom stereocenters. The molecule has 0 radical (unpaired) electrons. The predicted molar refractivity (Wildman–Crippen MR) is 76.4 cm³/mol. The Morgan fingerprint density at radius 3 is 2.42 bits per heavy atom. The van der Waals surface area contributed by atoms with Crippen LogP contribution in [0.15, 0.2) is 34.8 Å². The monoisotopic (exact) mass is 327 g/mol. The van der Waals surface area contributed by atoms with E-state index in [1.807, 2.05) is 19.1 Å². The Kier molecular flexibility index (Phi) is 6.59. The Bertz CT molecular complexity index is 413. The van der Waals surface area contributed by atoms with Crippen molar-refractivity contribution in [1.82, 2.24) is 4.90 Å². The summed E-state index contributed by atoms with van der Waals surface area (Å²) in [4.78, 5) is 26.2. The third-order valence-electron chi connectivity index (χ3n) is 2.24. The van der Waals surface area contributed by atoms with Gasteiger partial charge in [-0.1, -0.05) is 39.7 Å². The normalized spacial score (nSPS) is 19.5. The Morgan fingerprint density at radius 2 is 1.89 bits per heavy atom. The van der Waals surface area contributed by atoms with Crippen LogP contribution in [0.1, 0.15) is 6.92 Å². The molecule has 0 amide bonds. The van der Waals surface area contributed by atoms with Crippen molar-refractivity contribution in [3.8, 4) is 0 Å². The number of nitrogens with zero attached hydrogens (tertiary/aromatic N) is 1. The zero-order valence-electron chi connectivity index (χ0n) is 10.8. The number of hydrogen-bond acceptors (Lipinski definition) is 5. The molecule has 0 unspecified atom stereocenters. The van der Waals surface area contributed by atoms with E-state index in [0.29, 0.717) is 0 Å². The zero-order chi connectivity index (χ0) is 14.3. The van der Waals surface area contributed by atoms with Gasteiger partial charge in [0.25, 0.3) is 0 Å². The molecular weight excluding hydrogens is 313 g/mol. The summed E-state index contributed by atoms with van der Waals surface area (Å²) in [6, 6.07) is 0. The van der Waals surface area contributed by atoms with E-state index in [1.54, 1.807) is 18.1 Å². The zero-order valence-corrected chi connectivity index (χ0v) is 12.4. The van der Waals surface area contributed by atoms with Crippen LogP contribution in [-0.4, -0.2) is 44.1 Å². The summed E-state index contributed by atoms with van der Waals surface area (Å²) in [7, 11) is 0.683. The molecule has 1 heterocycles. The lowest BCUT2D eigenvalue weighted by Crippen LogP contribution is -2.41. The first-order chi connectivity index (χ1) is 9.01. The van der Waals surface area contributed by atoms with E-state index in [-0.39, 0.29) is 13.1 Å². The van der Waals surface area contributed by atoms with Crippen LogP contribution >= 0.6 is 15.9 Å². The summed E-state index contributed by atoms with van der Waals surface area (Å²) in [5, 5.41) is 0. The second-order valence-electron chi connectivity index (χ2n) is 4.11. The Labute approximate surface area is 121 Å². The molecule has 102 valence electrons. The molecule has 0 aromatic carbocycles.